The third-order valence-electron chi connectivity index (χ3n) is 2.66. The lowest BCUT2D eigenvalue weighted by atomic mass is 10.4. The van der Waals surface area contributed by atoms with Crippen LogP contribution in [0, 0.1) is 0 Å². The van der Waals surface area contributed by atoms with Gasteiger partial charge in [-0.15, -0.1) is 0 Å². The zero-order valence-electron chi connectivity index (χ0n) is 10.5. The number of hydrogen-bond acceptors (Lipinski definition) is 6. The second kappa shape index (κ2) is 5.37. The maximum absolute atomic E-state index is 12.2. The Labute approximate surface area is 117 Å². The highest BCUT2D eigenvalue weighted by Crippen LogP contribution is 2.23. The van der Waals surface area contributed by atoms with Crippen molar-refractivity contribution in [3.8, 4) is 0 Å². The molecule has 1 aliphatic heterocycles. The molecule has 0 bridgehead atoms. The first kappa shape index (κ1) is 14.7. The van der Waals surface area contributed by atoms with Gasteiger partial charge in [0, 0.05) is 0 Å². The second-order valence-electron chi connectivity index (χ2n) is 4.07. The lowest BCUT2D eigenvalue weighted by Gasteiger charge is -2.09. The molecule has 20 heavy (non-hydrogen) atoms. The van der Waals surface area contributed by atoms with Gasteiger partial charge in [-0.05, 0) is 12.1 Å². The summed E-state index contributed by atoms with van der Waals surface area (Å²) in [6.45, 7) is 3.92. The van der Waals surface area contributed by atoms with Crippen molar-refractivity contribution in [2.45, 2.75) is 4.90 Å². The van der Waals surface area contributed by atoms with Crippen molar-refractivity contribution in [3.05, 3.63) is 41.1 Å². The van der Waals surface area contributed by atoms with Crippen LogP contribution in [0.2, 0.25) is 0 Å². The topological polar surface area (TPSA) is 89.9 Å². The van der Waals surface area contributed by atoms with Gasteiger partial charge in [0.2, 0.25) is 9.84 Å². The molecule has 0 fully saturated rings. The predicted octanol–water partition coefficient (Wildman–Crippen LogP) is 0.775. The molecule has 1 aromatic rings. The third kappa shape index (κ3) is 2.91. The van der Waals surface area contributed by atoms with Crippen molar-refractivity contribution < 1.29 is 21.6 Å². The Bertz CT molecular complexity index is 748. The van der Waals surface area contributed by atoms with Crippen LogP contribution in [0.1, 0.15) is 0 Å². The van der Waals surface area contributed by atoms with Crippen LogP contribution in [0.5, 0.6) is 0 Å². The molecular weight excluding hydrogens is 302 g/mol. The third-order valence-corrected chi connectivity index (χ3v) is 6.89. The van der Waals surface area contributed by atoms with Gasteiger partial charge in [0.25, 0.3) is 0 Å². The number of aliphatic imine (C=N–C) groups is 1. The summed E-state index contributed by atoms with van der Waals surface area (Å²) in [5.41, 5.74) is 0. The normalized spacial score (nSPS) is 15.5. The first-order valence-electron chi connectivity index (χ1n) is 5.72. The minimum absolute atomic E-state index is 0.0226. The minimum Gasteiger partial charge on any atom is -0.478 e. The van der Waals surface area contributed by atoms with Gasteiger partial charge in [-0.1, -0.05) is 24.8 Å². The van der Waals surface area contributed by atoms with Gasteiger partial charge in [-0.25, -0.2) is 16.8 Å². The van der Waals surface area contributed by atoms with Crippen molar-refractivity contribution in [2.24, 2.45) is 4.99 Å². The molecule has 1 heterocycles. The Morgan fingerprint density at radius 1 is 1.20 bits per heavy atom. The van der Waals surface area contributed by atoms with Crippen LogP contribution in [0.3, 0.4) is 0 Å². The van der Waals surface area contributed by atoms with Gasteiger partial charge in [0.05, 0.1) is 11.4 Å². The van der Waals surface area contributed by atoms with Crippen LogP contribution >= 0.6 is 0 Å². The molecule has 2 rings (SSSR count). The second-order valence-corrected chi connectivity index (χ2v) is 8.31. The SMILES string of the molecule is C=C(S(=O)(=O)CC1=NCCO1)S(=O)(=O)c1ccccc1. The van der Waals surface area contributed by atoms with Crippen molar-refractivity contribution in [3.63, 3.8) is 0 Å². The van der Waals surface area contributed by atoms with E-state index in [9.17, 15) is 16.8 Å². The smallest absolute Gasteiger partial charge is 0.216 e. The molecule has 0 amide bonds. The number of sulfone groups is 2. The van der Waals surface area contributed by atoms with E-state index in [0.717, 1.165) is 0 Å². The van der Waals surface area contributed by atoms with E-state index in [2.05, 4.69) is 11.6 Å². The van der Waals surface area contributed by atoms with Crippen molar-refractivity contribution in [2.75, 3.05) is 18.9 Å². The Balaban J connectivity index is 2.30. The fourth-order valence-electron chi connectivity index (χ4n) is 1.61. The first-order chi connectivity index (χ1) is 9.34. The summed E-state index contributed by atoms with van der Waals surface area (Å²) in [7, 11) is -8.22. The molecule has 0 unspecified atom stereocenters. The minimum atomic E-state index is -4.13. The van der Waals surface area contributed by atoms with Crippen LogP contribution in [0.25, 0.3) is 0 Å². The van der Waals surface area contributed by atoms with Gasteiger partial charge >= 0.3 is 0 Å². The maximum atomic E-state index is 12.2. The molecule has 0 N–H and O–H groups in total. The van der Waals surface area contributed by atoms with E-state index in [0.29, 0.717) is 13.2 Å². The van der Waals surface area contributed by atoms with Gasteiger partial charge < -0.3 is 4.74 Å². The van der Waals surface area contributed by atoms with E-state index < -0.39 is 29.7 Å². The number of ether oxygens (including phenoxy) is 1. The zero-order chi connectivity index (χ0) is 14.8. The molecule has 6 nitrogen and oxygen atoms in total. The van der Waals surface area contributed by atoms with Gasteiger partial charge in [0.15, 0.2) is 20.0 Å². The van der Waals surface area contributed by atoms with Crippen LogP contribution in [-0.4, -0.2) is 41.6 Å². The standard InChI is InChI=1S/C12H13NO5S2/c1-10(19(14,15)9-12-13-7-8-18-12)20(16,17)11-5-3-2-4-6-11/h2-6H,1,7-9H2. The predicted molar refractivity (Wildman–Crippen MR) is 74.8 cm³/mol. The van der Waals surface area contributed by atoms with E-state index in [1.54, 1.807) is 6.07 Å². The summed E-state index contributed by atoms with van der Waals surface area (Å²) < 4.78 is 52.7. The Hall–Kier alpha value is -1.67. The van der Waals surface area contributed by atoms with Crippen LogP contribution in [0.4, 0.5) is 0 Å². The molecule has 0 saturated carbocycles. The molecule has 1 aliphatic rings. The molecule has 0 aliphatic carbocycles. The Morgan fingerprint density at radius 3 is 2.40 bits per heavy atom. The number of benzene rings is 1. The molecule has 0 atom stereocenters. The summed E-state index contributed by atoms with van der Waals surface area (Å²) in [5, 5.41) is 0. The van der Waals surface area contributed by atoms with E-state index in [1.165, 1.54) is 24.3 Å². The van der Waals surface area contributed by atoms with Gasteiger partial charge in [-0.3, -0.25) is 4.99 Å². The number of nitrogens with zero attached hydrogens (tertiary/aromatic N) is 1. The zero-order valence-corrected chi connectivity index (χ0v) is 12.2. The number of hydrogen-bond donors (Lipinski definition) is 0. The molecule has 8 heteroatoms. The quantitative estimate of drug-likeness (QED) is 0.801. The molecule has 0 saturated heterocycles. The van der Waals surface area contributed by atoms with Crippen LogP contribution < -0.4 is 0 Å². The average Bonchev–Trinajstić information content (AvgIpc) is 2.91. The van der Waals surface area contributed by atoms with Crippen LogP contribution in [-0.2, 0) is 24.4 Å². The monoisotopic (exact) mass is 315 g/mol. The van der Waals surface area contributed by atoms with E-state index in [1.807, 2.05) is 0 Å². The van der Waals surface area contributed by atoms with Gasteiger partial charge in [-0.2, -0.15) is 0 Å². The Kier molecular flexibility index (Phi) is 3.96. The largest absolute Gasteiger partial charge is 0.478 e. The highest BCUT2D eigenvalue weighted by Gasteiger charge is 2.32. The molecule has 1 aromatic carbocycles. The summed E-state index contributed by atoms with van der Waals surface area (Å²) in [5.74, 6) is -0.563. The highest BCUT2D eigenvalue weighted by molar-refractivity contribution is 8.14. The van der Waals surface area contributed by atoms with E-state index >= 15 is 0 Å². The molecular formula is C12H13NO5S2. The van der Waals surface area contributed by atoms with Gasteiger partial charge in [0.1, 0.15) is 12.4 Å². The maximum Gasteiger partial charge on any atom is 0.216 e. The molecule has 0 spiro atoms. The van der Waals surface area contributed by atoms with E-state index in [-0.39, 0.29) is 10.8 Å². The number of rotatable bonds is 5. The first-order valence-corrected chi connectivity index (χ1v) is 8.85. The fourth-order valence-corrected chi connectivity index (χ4v) is 4.85. The van der Waals surface area contributed by atoms with Crippen molar-refractivity contribution >= 4 is 25.6 Å². The fraction of sp³-hybridized carbons (Fsp3) is 0.250. The lowest BCUT2D eigenvalue weighted by Crippen LogP contribution is -2.22. The summed E-state index contributed by atoms with van der Waals surface area (Å²) >= 11 is 0. The highest BCUT2D eigenvalue weighted by atomic mass is 32.3. The average molecular weight is 315 g/mol. The van der Waals surface area contributed by atoms with E-state index in [4.69, 9.17) is 4.74 Å². The van der Waals surface area contributed by atoms with Crippen molar-refractivity contribution in [1.82, 2.24) is 0 Å². The molecule has 108 valence electrons. The summed E-state index contributed by atoms with van der Waals surface area (Å²) in [6.07, 6.45) is 0. The summed E-state index contributed by atoms with van der Waals surface area (Å²) in [6, 6.07) is 7.30. The molecule has 0 aromatic heterocycles. The lowest BCUT2D eigenvalue weighted by molar-refractivity contribution is 0.345. The Morgan fingerprint density at radius 2 is 1.85 bits per heavy atom. The van der Waals surface area contributed by atoms with Crippen molar-refractivity contribution in [1.29, 1.82) is 0 Å². The van der Waals surface area contributed by atoms with Crippen LogP contribution in [0.15, 0.2) is 51.0 Å². The molecule has 0 radical (unpaired) electrons. The summed E-state index contributed by atoms with van der Waals surface area (Å²) in [4.78, 5) is 3.73.